The fourth-order valence-electron chi connectivity index (χ4n) is 2.27. The van der Waals surface area contributed by atoms with E-state index in [2.05, 4.69) is 9.97 Å². The zero-order valence-electron chi connectivity index (χ0n) is 12.1. The largest absolute Gasteiger partial charge is 0.480 e. The van der Waals surface area contributed by atoms with E-state index in [1.807, 2.05) is 12.1 Å². The van der Waals surface area contributed by atoms with Crippen molar-refractivity contribution in [2.45, 2.75) is 19.9 Å². The number of carbonyl (C=O) groups is 2. The Morgan fingerprint density at radius 3 is 2.38 bits per heavy atom. The summed E-state index contributed by atoms with van der Waals surface area (Å²) in [7, 11) is 1.47. The summed E-state index contributed by atoms with van der Waals surface area (Å²) in [5.41, 5.74) is 1.44. The Labute approximate surface area is 122 Å². The second-order valence-electron chi connectivity index (χ2n) is 5.19. The van der Waals surface area contributed by atoms with Crippen LogP contribution in [0.3, 0.4) is 0 Å². The first-order valence-electron chi connectivity index (χ1n) is 6.63. The van der Waals surface area contributed by atoms with Crippen molar-refractivity contribution in [3.05, 3.63) is 36.2 Å². The van der Waals surface area contributed by atoms with E-state index in [-0.39, 0.29) is 11.6 Å². The lowest BCUT2D eigenvalue weighted by molar-refractivity contribution is -0.143. The molecule has 110 valence electrons. The highest BCUT2D eigenvalue weighted by Crippen LogP contribution is 2.14. The highest BCUT2D eigenvalue weighted by Gasteiger charge is 2.30. The van der Waals surface area contributed by atoms with Crippen molar-refractivity contribution >= 4 is 22.9 Å². The van der Waals surface area contributed by atoms with Crippen LogP contribution >= 0.6 is 0 Å². The summed E-state index contributed by atoms with van der Waals surface area (Å²) in [6, 6.07) is 6.31. The molecule has 0 aliphatic carbocycles. The van der Waals surface area contributed by atoms with E-state index in [1.165, 1.54) is 18.1 Å². The summed E-state index contributed by atoms with van der Waals surface area (Å²) in [5.74, 6) is -1.69. The Morgan fingerprint density at radius 1 is 1.19 bits per heavy atom. The number of benzene rings is 1. The summed E-state index contributed by atoms with van der Waals surface area (Å²) in [6.45, 7) is 3.52. The molecule has 21 heavy (non-hydrogen) atoms. The van der Waals surface area contributed by atoms with Crippen LogP contribution in [0.15, 0.2) is 30.5 Å². The Kier molecular flexibility index (Phi) is 4.16. The minimum absolute atomic E-state index is 0.142. The van der Waals surface area contributed by atoms with Gasteiger partial charge in [0.15, 0.2) is 0 Å². The smallest absolute Gasteiger partial charge is 0.326 e. The second kappa shape index (κ2) is 5.87. The molecule has 6 nitrogen and oxygen atoms in total. The zero-order valence-corrected chi connectivity index (χ0v) is 12.1. The van der Waals surface area contributed by atoms with Gasteiger partial charge in [-0.1, -0.05) is 26.0 Å². The molecule has 2 aromatic rings. The number of nitrogens with zero attached hydrogens (tertiary/aromatic N) is 3. The number of rotatable bonds is 4. The molecule has 0 bridgehead atoms. The van der Waals surface area contributed by atoms with Crippen LogP contribution in [0.25, 0.3) is 11.0 Å². The number of likely N-dealkylation sites (N-methyl/N-ethyl adjacent to an activating group) is 1. The van der Waals surface area contributed by atoms with Gasteiger partial charge in [-0.15, -0.1) is 0 Å². The van der Waals surface area contributed by atoms with Crippen molar-refractivity contribution in [2.75, 3.05) is 7.05 Å². The summed E-state index contributed by atoms with van der Waals surface area (Å²) < 4.78 is 0. The number of para-hydroxylation sites is 2. The molecule has 0 aliphatic rings. The van der Waals surface area contributed by atoms with Gasteiger partial charge in [0.05, 0.1) is 17.2 Å². The van der Waals surface area contributed by atoms with Crippen LogP contribution in [0.5, 0.6) is 0 Å². The van der Waals surface area contributed by atoms with Gasteiger partial charge in [0, 0.05) is 7.05 Å². The SMILES string of the molecule is CC(C)C(C(=O)O)N(C)C(=O)c1cnc2ccccc2n1. The average molecular weight is 287 g/mol. The predicted octanol–water partition coefficient (Wildman–Crippen LogP) is 1.81. The lowest BCUT2D eigenvalue weighted by atomic mass is 10.0. The van der Waals surface area contributed by atoms with Crippen molar-refractivity contribution in [1.82, 2.24) is 14.9 Å². The minimum Gasteiger partial charge on any atom is -0.480 e. The number of carboxylic acids is 1. The first kappa shape index (κ1) is 14.9. The molecule has 1 unspecified atom stereocenters. The van der Waals surface area contributed by atoms with E-state index in [0.29, 0.717) is 11.0 Å². The molecule has 1 N–H and O–H groups in total. The Balaban J connectivity index is 2.34. The summed E-state index contributed by atoms with van der Waals surface area (Å²) in [6.07, 6.45) is 1.38. The van der Waals surface area contributed by atoms with Gasteiger partial charge in [0.1, 0.15) is 11.7 Å². The fourth-order valence-corrected chi connectivity index (χ4v) is 2.27. The molecule has 1 aromatic carbocycles. The molecule has 1 aromatic heterocycles. The van der Waals surface area contributed by atoms with Crippen LogP contribution in [-0.2, 0) is 4.79 Å². The standard InChI is InChI=1S/C15H17N3O3/c1-9(2)13(15(20)21)18(3)14(19)12-8-16-10-6-4-5-7-11(10)17-12/h4-9,13H,1-3H3,(H,20,21). The summed E-state index contributed by atoms with van der Waals surface area (Å²) >= 11 is 0. The lowest BCUT2D eigenvalue weighted by Gasteiger charge is -2.27. The van der Waals surface area contributed by atoms with Crippen molar-refractivity contribution in [2.24, 2.45) is 5.92 Å². The number of hydrogen-bond donors (Lipinski definition) is 1. The molecular formula is C15H17N3O3. The van der Waals surface area contributed by atoms with Crippen molar-refractivity contribution in [3.8, 4) is 0 Å². The maximum Gasteiger partial charge on any atom is 0.326 e. The van der Waals surface area contributed by atoms with E-state index >= 15 is 0 Å². The molecule has 0 radical (unpaired) electrons. The maximum atomic E-state index is 12.4. The molecule has 1 amide bonds. The van der Waals surface area contributed by atoms with Crippen molar-refractivity contribution in [3.63, 3.8) is 0 Å². The quantitative estimate of drug-likeness (QED) is 0.927. The Hall–Kier alpha value is -2.50. The number of amides is 1. The van der Waals surface area contributed by atoms with Crippen molar-refractivity contribution in [1.29, 1.82) is 0 Å². The van der Waals surface area contributed by atoms with Gasteiger partial charge in [0.25, 0.3) is 5.91 Å². The normalized spacial score (nSPS) is 12.4. The first-order chi connectivity index (χ1) is 9.91. The third kappa shape index (κ3) is 2.99. The molecule has 0 saturated carbocycles. The molecule has 2 rings (SSSR count). The molecule has 0 fully saturated rings. The fraction of sp³-hybridized carbons (Fsp3) is 0.333. The van der Waals surface area contributed by atoms with Crippen LogP contribution in [0.1, 0.15) is 24.3 Å². The zero-order chi connectivity index (χ0) is 15.6. The monoisotopic (exact) mass is 287 g/mol. The topological polar surface area (TPSA) is 83.4 Å². The van der Waals surface area contributed by atoms with Crippen LogP contribution in [0.2, 0.25) is 0 Å². The lowest BCUT2D eigenvalue weighted by Crippen LogP contribution is -2.45. The molecule has 6 heteroatoms. The Bertz CT molecular complexity index is 685. The van der Waals surface area contributed by atoms with Gasteiger partial charge < -0.3 is 10.0 Å². The number of carboxylic acid groups (broad SMARTS) is 1. The summed E-state index contributed by atoms with van der Waals surface area (Å²) in [4.78, 5) is 33.3. The van der Waals surface area contributed by atoms with Crippen LogP contribution < -0.4 is 0 Å². The molecule has 1 heterocycles. The van der Waals surface area contributed by atoms with Crippen LogP contribution in [-0.4, -0.2) is 44.9 Å². The highest BCUT2D eigenvalue weighted by molar-refractivity contribution is 5.96. The minimum atomic E-state index is -1.03. The van der Waals surface area contributed by atoms with Gasteiger partial charge in [-0.3, -0.25) is 9.78 Å². The van der Waals surface area contributed by atoms with Gasteiger partial charge in [-0.05, 0) is 18.1 Å². The van der Waals surface area contributed by atoms with Crippen molar-refractivity contribution < 1.29 is 14.7 Å². The molecular weight excluding hydrogens is 270 g/mol. The van der Waals surface area contributed by atoms with Crippen LogP contribution in [0.4, 0.5) is 0 Å². The van der Waals surface area contributed by atoms with Gasteiger partial charge in [0.2, 0.25) is 0 Å². The van der Waals surface area contributed by atoms with E-state index in [4.69, 9.17) is 0 Å². The number of hydrogen-bond acceptors (Lipinski definition) is 4. The van der Waals surface area contributed by atoms with Gasteiger partial charge in [-0.2, -0.15) is 0 Å². The summed E-state index contributed by atoms with van der Waals surface area (Å²) in [5, 5.41) is 9.25. The number of fused-ring (bicyclic) bond motifs is 1. The third-order valence-corrected chi connectivity index (χ3v) is 3.29. The maximum absolute atomic E-state index is 12.4. The number of aliphatic carboxylic acids is 1. The van der Waals surface area contributed by atoms with E-state index in [0.717, 1.165) is 0 Å². The highest BCUT2D eigenvalue weighted by atomic mass is 16.4. The predicted molar refractivity (Wildman–Crippen MR) is 77.9 cm³/mol. The van der Waals surface area contributed by atoms with Crippen LogP contribution in [0, 0.1) is 5.92 Å². The van der Waals surface area contributed by atoms with E-state index < -0.39 is 17.9 Å². The molecule has 0 saturated heterocycles. The molecule has 0 spiro atoms. The first-order valence-corrected chi connectivity index (χ1v) is 6.63. The van der Waals surface area contributed by atoms with E-state index in [9.17, 15) is 14.7 Å². The third-order valence-electron chi connectivity index (χ3n) is 3.29. The molecule has 1 atom stereocenters. The second-order valence-corrected chi connectivity index (χ2v) is 5.19. The van der Waals surface area contributed by atoms with Gasteiger partial charge in [-0.25, -0.2) is 9.78 Å². The number of aromatic nitrogens is 2. The number of carbonyl (C=O) groups excluding carboxylic acids is 1. The Morgan fingerprint density at radius 2 is 1.81 bits per heavy atom. The van der Waals surface area contributed by atoms with E-state index in [1.54, 1.807) is 26.0 Å². The molecule has 0 aliphatic heterocycles. The average Bonchev–Trinajstić information content (AvgIpc) is 2.45. The van der Waals surface area contributed by atoms with Gasteiger partial charge >= 0.3 is 5.97 Å².